The molecule has 1 aromatic heterocycles. The van der Waals surface area contributed by atoms with E-state index in [-0.39, 0.29) is 15.5 Å². The Labute approximate surface area is 141 Å². The van der Waals surface area contributed by atoms with E-state index in [4.69, 9.17) is 0 Å². The first kappa shape index (κ1) is 17.0. The summed E-state index contributed by atoms with van der Waals surface area (Å²) in [4.78, 5) is 23.6. The Balaban J connectivity index is 2.27. The molecule has 21 heavy (non-hydrogen) atoms. The zero-order valence-electron chi connectivity index (χ0n) is 12.3. The van der Waals surface area contributed by atoms with Crippen molar-refractivity contribution >= 4 is 51.0 Å². The number of thioether (sulfide) groups is 2. The first-order valence-corrected chi connectivity index (χ1v) is 9.94. The summed E-state index contributed by atoms with van der Waals surface area (Å²) in [6.07, 6.45) is 8.39. The third kappa shape index (κ3) is 3.51. The maximum absolute atomic E-state index is 12.4. The Bertz CT molecular complexity index is 594. The lowest BCUT2D eigenvalue weighted by Crippen LogP contribution is -2.44. The summed E-state index contributed by atoms with van der Waals surface area (Å²) in [6, 6.07) is 1.65. The molecule has 1 atom stereocenters. The van der Waals surface area contributed by atoms with Crippen LogP contribution in [0.2, 0.25) is 0 Å². The van der Waals surface area contributed by atoms with Gasteiger partial charge in [-0.05, 0) is 47.3 Å². The normalized spacial score (nSPS) is 19.9. The van der Waals surface area contributed by atoms with Gasteiger partial charge in [-0.3, -0.25) is 9.59 Å². The summed E-state index contributed by atoms with van der Waals surface area (Å²) < 4.78 is 2.72. The summed E-state index contributed by atoms with van der Waals surface area (Å²) in [5.74, 6) is 0.239. The Morgan fingerprint density at radius 1 is 1.52 bits per heavy atom. The topological polar surface area (TPSA) is 51.1 Å². The molecule has 2 rings (SSSR count). The Hall–Kier alpha value is -0.400. The van der Waals surface area contributed by atoms with Crippen molar-refractivity contribution in [3.05, 3.63) is 27.1 Å². The summed E-state index contributed by atoms with van der Waals surface area (Å²) in [6.45, 7) is 2.09. The van der Waals surface area contributed by atoms with Gasteiger partial charge in [-0.2, -0.15) is 0 Å². The highest BCUT2D eigenvalue weighted by atomic mass is 79.9. The molecule has 0 saturated heterocycles. The molecule has 0 bridgehead atoms. The summed E-state index contributed by atoms with van der Waals surface area (Å²) in [5, 5.41) is 2.60. The molecule has 116 valence electrons. The van der Waals surface area contributed by atoms with Crippen molar-refractivity contribution in [2.24, 2.45) is 5.92 Å². The highest BCUT2D eigenvalue weighted by Crippen LogP contribution is 2.55. The van der Waals surface area contributed by atoms with Crippen molar-refractivity contribution < 1.29 is 4.79 Å². The second-order valence-electron chi connectivity index (χ2n) is 5.17. The molecule has 4 nitrogen and oxygen atoms in total. The fraction of sp³-hybridized carbons (Fsp3) is 0.571. The highest BCUT2D eigenvalue weighted by molar-refractivity contribution is 9.10. The zero-order valence-corrected chi connectivity index (χ0v) is 15.5. The smallest absolute Gasteiger partial charge is 0.274 e. The number of anilines is 1. The summed E-state index contributed by atoms with van der Waals surface area (Å²) >= 11 is 7.16. The molecule has 1 aromatic rings. The van der Waals surface area contributed by atoms with E-state index in [9.17, 15) is 9.59 Å². The monoisotopic (exact) mass is 390 g/mol. The number of carbonyl (C=O) groups is 1. The largest absolute Gasteiger partial charge is 0.322 e. The number of aromatic nitrogens is 1. The fourth-order valence-corrected chi connectivity index (χ4v) is 5.52. The molecule has 1 unspecified atom stereocenters. The van der Waals surface area contributed by atoms with E-state index in [2.05, 4.69) is 33.8 Å². The third-order valence-electron chi connectivity index (χ3n) is 3.93. The number of hydrogen-bond acceptors (Lipinski definition) is 4. The van der Waals surface area contributed by atoms with Gasteiger partial charge in [0.05, 0.1) is 4.08 Å². The van der Waals surface area contributed by atoms with Gasteiger partial charge in [-0.1, -0.05) is 0 Å². The molecule has 1 heterocycles. The van der Waals surface area contributed by atoms with E-state index in [0.29, 0.717) is 18.2 Å². The number of carbonyl (C=O) groups excluding carboxylic acids is 1. The van der Waals surface area contributed by atoms with Gasteiger partial charge >= 0.3 is 0 Å². The molecular formula is C14H19BrN2O2S2. The van der Waals surface area contributed by atoms with Gasteiger partial charge in [-0.25, -0.2) is 0 Å². The van der Waals surface area contributed by atoms with Gasteiger partial charge < -0.3 is 9.88 Å². The van der Waals surface area contributed by atoms with Crippen LogP contribution in [0.15, 0.2) is 21.5 Å². The van der Waals surface area contributed by atoms with Crippen LogP contribution in [0.5, 0.6) is 0 Å². The lowest BCUT2D eigenvalue weighted by Gasteiger charge is -2.47. The number of amides is 1. The van der Waals surface area contributed by atoms with Gasteiger partial charge in [0.25, 0.3) is 5.56 Å². The van der Waals surface area contributed by atoms with Gasteiger partial charge in [0, 0.05) is 30.1 Å². The van der Waals surface area contributed by atoms with E-state index >= 15 is 0 Å². The van der Waals surface area contributed by atoms with Gasteiger partial charge in [-0.15, -0.1) is 23.5 Å². The van der Waals surface area contributed by atoms with Crippen molar-refractivity contribution in [3.63, 3.8) is 0 Å². The van der Waals surface area contributed by atoms with Crippen LogP contribution in [0, 0.1) is 5.92 Å². The lowest BCUT2D eigenvalue weighted by atomic mass is 9.83. The molecule has 0 aliphatic heterocycles. The van der Waals surface area contributed by atoms with Crippen LogP contribution < -0.4 is 10.9 Å². The average molecular weight is 391 g/mol. The maximum Gasteiger partial charge on any atom is 0.274 e. The standard InChI is InChI=1S/C14H19BrN2O2S2/c1-9(18)16-12-6-11(15)8-17(13(12)19)7-10-4-5-14(10,20-2)21-3/h6,8,10H,4-5,7H2,1-3H3,(H,16,18). The summed E-state index contributed by atoms with van der Waals surface area (Å²) in [7, 11) is 0. The van der Waals surface area contributed by atoms with Crippen molar-refractivity contribution in [2.45, 2.75) is 30.4 Å². The van der Waals surface area contributed by atoms with Gasteiger partial charge in [0.2, 0.25) is 5.91 Å². The van der Waals surface area contributed by atoms with E-state index in [1.54, 1.807) is 16.8 Å². The molecule has 1 saturated carbocycles. The minimum atomic E-state index is -0.233. The van der Waals surface area contributed by atoms with Gasteiger partial charge in [0.15, 0.2) is 0 Å². The number of nitrogens with one attached hydrogen (secondary N) is 1. The lowest BCUT2D eigenvalue weighted by molar-refractivity contribution is -0.114. The Kier molecular flexibility index (Phi) is 5.48. The van der Waals surface area contributed by atoms with Crippen LogP contribution in [0.4, 0.5) is 5.69 Å². The number of hydrogen-bond donors (Lipinski definition) is 1. The van der Waals surface area contributed by atoms with Crippen LogP contribution in [-0.2, 0) is 11.3 Å². The molecule has 1 aliphatic rings. The first-order chi connectivity index (χ1) is 9.91. The molecular weight excluding hydrogens is 372 g/mol. The van der Waals surface area contributed by atoms with E-state index < -0.39 is 0 Å². The quantitative estimate of drug-likeness (QED) is 0.782. The van der Waals surface area contributed by atoms with Crippen molar-refractivity contribution in [2.75, 3.05) is 17.8 Å². The third-order valence-corrected chi connectivity index (χ3v) is 7.83. The van der Waals surface area contributed by atoms with Crippen molar-refractivity contribution in [1.82, 2.24) is 4.57 Å². The molecule has 0 radical (unpaired) electrons. The predicted molar refractivity (Wildman–Crippen MR) is 95.2 cm³/mol. The number of rotatable bonds is 5. The second-order valence-corrected chi connectivity index (χ2v) is 8.61. The molecule has 1 fully saturated rings. The first-order valence-electron chi connectivity index (χ1n) is 6.69. The van der Waals surface area contributed by atoms with Crippen LogP contribution >= 0.6 is 39.5 Å². The molecule has 1 aliphatic carbocycles. The van der Waals surface area contributed by atoms with E-state index in [1.165, 1.54) is 13.3 Å². The van der Waals surface area contributed by atoms with Crippen molar-refractivity contribution in [1.29, 1.82) is 0 Å². The zero-order chi connectivity index (χ0) is 15.6. The molecule has 0 spiro atoms. The van der Waals surface area contributed by atoms with Gasteiger partial charge in [0.1, 0.15) is 5.69 Å². The fourth-order valence-electron chi connectivity index (χ4n) is 2.69. The SMILES string of the molecule is CSC1(SC)CCC1Cn1cc(Br)cc(NC(C)=O)c1=O. The van der Waals surface area contributed by atoms with Crippen molar-refractivity contribution in [3.8, 4) is 0 Å². The predicted octanol–water partition coefficient (Wildman–Crippen LogP) is 3.40. The Morgan fingerprint density at radius 3 is 2.67 bits per heavy atom. The molecule has 7 heteroatoms. The van der Waals surface area contributed by atoms with Crippen LogP contribution in [0.1, 0.15) is 19.8 Å². The minimum Gasteiger partial charge on any atom is -0.322 e. The Morgan fingerprint density at radius 2 is 2.19 bits per heavy atom. The van der Waals surface area contributed by atoms with E-state index in [0.717, 1.165) is 10.9 Å². The highest BCUT2D eigenvalue weighted by Gasteiger charge is 2.45. The molecule has 1 N–H and O–H groups in total. The minimum absolute atomic E-state index is 0.142. The molecule has 0 aromatic carbocycles. The number of halogens is 1. The van der Waals surface area contributed by atoms with Crippen LogP contribution in [0.25, 0.3) is 0 Å². The number of pyridine rings is 1. The molecule has 1 amide bonds. The van der Waals surface area contributed by atoms with Crippen LogP contribution in [-0.4, -0.2) is 27.1 Å². The van der Waals surface area contributed by atoms with Crippen LogP contribution in [0.3, 0.4) is 0 Å². The van der Waals surface area contributed by atoms with E-state index in [1.807, 2.05) is 23.5 Å². The number of nitrogens with zero attached hydrogens (tertiary/aromatic N) is 1. The average Bonchev–Trinajstić information content (AvgIpc) is 2.40. The second kappa shape index (κ2) is 6.79. The summed E-state index contributed by atoms with van der Waals surface area (Å²) in [5.41, 5.74) is 0.187. The maximum atomic E-state index is 12.4.